The standard InChI is InChI=1S/C19H16I2O6/c1-3-11-8-14(21)17(16(9-11)25-2)19(24)27-7-6-26-15-5-4-12(18(22)23)10-13(15)20/h3-5,8-10H,1,6-7H2,2H3,(H,22,23). The molecule has 0 saturated heterocycles. The van der Waals surface area contributed by atoms with Crippen molar-refractivity contribution in [1.82, 2.24) is 0 Å². The van der Waals surface area contributed by atoms with Gasteiger partial charge in [0.1, 0.15) is 30.3 Å². The Labute approximate surface area is 183 Å². The minimum absolute atomic E-state index is 0.0397. The zero-order chi connectivity index (χ0) is 20.0. The number of esters is 1. The van der Waals surface area contributed by atoms with Crippen molar-refractivity contribution in [3.63, 3.8) is 0 Å². The molecular formula is C19H16I2O6. The van der Waals surface area contributed by atoms with Gasteiger partial charge < -0.3 is 19.3 Å². The first-order valence-corrected chi connectivity index (χ1v) is 9.85. The number of hydrogen-bond acceptors (Lipinski definition) is 5. The Balaban J connectivity index is 1.97. The van der Waals surface area contributed by atoms with Crippen LogP contribution in [0.2, 0.25) is 0 Å². The molecule has 0 amide bonds. The van der Waals surface area contributed by atoms with E-state index in [9.17, 15) is 9.59 Å². The average Bonchev–Trinajstić information content (AvgIpc) is 2.64. The molecule has 1 N–H and O–H groups in total. The molecule has 8 heteroatoms. The van der Waals surface area contributed by atoms with Gasteiger partial charge in [-0.15, -0.1) is 0 Å². The Kier molecular flexibility index (Phi) is 7.90. The molecule has 142 valence electrons. The van der Waals surface area contributed by atoms with Crippen molar-refractivity contribution in [3.8, 4) is 11.5 Å². The van der Waals surface area contributed by atoms with E-state index in [0.717, 1.165) is 5.56 Å². The van der Waals surface area contributed by atoms with Gasteiger partial charge in [-0.05, 0) is 81.1 Å². The molecule has 2 rings (SSSR count). The van der Waals surface area contributed by atoms with E-state index < -0.39 is 11.9 Å². The highest BCUT2D eigenvalue weighted by Gasteiger charge is 2.19. The van der Waals surface area contributed by atoms with Gasteiger partial charge in [0.05, 0.1) is 16.2 Å². The summed E-state index contributed by atoms with van der Waals surface area (Å²) in [7, 11) is 1.49. The molecule has 0 aliphatic heterocycles. The molecule has 0 aliphatic rings. The lowest BCUT2D eigenvalue weighted by Gasteiger charge is -2.13. The number of halogens is 2. The van der Waals surface area contributed by atoms with Crippen molar-refractivity contribution in [2.24, 2.45) is 0 Å². The van der Waals surface area contributed by atoms with E-state index in [1.165, 1.54) is 19.2 Å². The number of carboxylic acid groups (broad SMARTS) is 1. The molecule has 0 aliphatic carbocycles. The zero-order valence-corrected chi connectivity index (χ0v) is 18.6. The molecule has 0 bridgehead atoms. The summed E-state index contributed by atoms with van der Waals surface area (Å²) in [5, 5.41) is 8.96. The number of carboxylic acids is 1. The number of carbonyl (C=O) groups excluding carboxylic acids is 1. The highest BCUT2D eigenvalue weighted by atomic mass is 127. The minimum atomic E-state index is -1.00. The van der Waals surface area contributed by atoms with Crippen LogP contribution < -0.4 is 9.47 Å². The maximum atomic E-state index is 12.4. The molecule has 6 nitrogen and oxygen atoms in total. The van der Waals surface area contributed by atoms with E-state index in [1.54, 1.807) is 18.2 Å². The summed E-state index contributed by atoms with van der Waals surface area (Å²) >= 11 is 4.04. The summed E-state index contributed by atoms with van der Waals surface area (Å²) < 4.78 is 17.5. The smallest absolute Gasteiger partial charge is 0.343 e. The summed E-state index contributed by atoms with van der Waals surface area (Å²) in [4.78, 5) is 23.3. The van der Waals surface area contributed by atoms with Gasteiger partial charge in [-0.3, -0.25) is 0 Å². The number of rotatable bonds is 8. The third kappa shape index (κ3) is 5.58. The first-order chi connectivity index (χ1) is 12.9. The Bertz CT molecular complexity index is 879. The number of ether oxygens (including phenoxy) is 3. The molecule has 2 aromatic rings. The summed E-state index contributed by atoms with van der Waals surface area (Å²) in [5.41, 5.74) is 1.38. The molecule has 0 heterocycles. The average molecular weight is 594 g/mol. The Morgan fingerprint density at radius 2 is 1.85 bits per heavy atom. The van der Waals surface area contributed by atoms with Crippen molar-refractivity contribution in [1.29, 1.82) is 0 Å². The van der Waals surface area contributed by atoms with Crippen LogP contribution in [0.3, 0.4) is 0 Å². The molecule has 0 unspecified atom stereocenters. The second-order valence-electron chi connectivity index (χ2n) is 5.22. The van der Waals surface area contributed by atoms with Crippen LogP contribution in [0.25, 0.3) is 6.08 Å². The second kappa shape index (κ2) is 9.93. The van der Waals surface area contributed by atoms with Crippen LogP contribution in [-0.2, 0) is 4.74 Å². The third-order valence-electron chi connectivity index (χ3n) is 3.49. The monoisotopic (exact) mass is 594 g/mol. The summed E-state index contributed by atoms with van der Waals surface area (Å²) in [6.45, 7) is 3.89. The molecule has 0 aromatic heterocycles. The van der Waals surface area contributed by atoms with Gasteiger partial charge in [0.15, 0.2) is 0 Å². The minimum Gasteiger partial charge on any atom is -0.496 e. The van der Waals surface area contributed by atoms with Crippen LogP contribution >= 0.6 is 45.2 Å². The van der Waals surface area contributed by atoms with E-state index in [4.69, 9.17) is 19.3 Å². The first-order valence-electron chi connectivity index (χ1n) is 7.70. The van der Waals surface area contributed by atoms with Gasteiger partial charge in [0, 0.05) is 3.57 Å². The van der Waals surface area contributed by atoms with Crippen molar-refractivity contribution in [2.45, 2.75) is 0 Å². The van der Waals surface area contributed by atoms with E-state index in [1.807, 2.05) is 51.2 Å². The fraction of sp³-hybridized carbons (Fsp3) is 0.158. The predicted molar refractivity (Wildman–Crippen MR) is 118 cm³/mol. The zero-order valence-electron chi connectivity index (χ0n) is 14.3. The summed E-state index contributed by atoms with van der Waals surface area (Å²) in [6, 6.07) is 8.08. The highest BCUT2D eigenvalue weighted by Crippen LogP contribution is 2.27. The van der Waals surface area contributed by atoms with Crippen LogP contribution in [0.5, 0.6) is 11.5 Å². The first kappa shape index (κ1) is 21.5. The molecule has 0 atom stereocenters. The molecule has 27 heavy (non-hydrogen) atoms. The lowest BCUT2D eigenvalue weighted by atomic mass is 10.1. The largest absolute Gasteiger partial charge is 0.496 e. The number of aromatic carboxylic acids is 1. The predicted octanol–water partition coefficient (Wildman–Crippen LogP) is 4.48. The van der Waals surface area contributed by atoms with Gasteiger partial charge >= 0.3 is 11.9 Å². The van der Waals surface area contributed by atoms with Crippen molar-refractivity contribution < 1.29 is 28.9 Å². The maximum absolute atomic E-state index is 12.4. The summed E-state index contributed by atoms with van der Waals surface area (Å²) in [6.07, 6.45) is 1.67. The molecule has 0 fully saturated rings. The molecule has 0 saturated carbocycles. The van der Waals surface area contributed by atoms with E-state index >= 15 is 0 Å². The number of benzene rings is 2. The van der Waals surface area contributed by atoms with Gasteiger partial charge in [-0.2, -0.15) is 0 Å². The SMILES string of the molecule is C=Cc1cc(I)c(C(=O)OCCOc2ccc(C(=O)O)cc2I)c(OC)c1. The van der Waals surface area contributed by atoms with Crippen molar-refractivity contribution in [3.05, 3.63) is 60.7 Å². The lowest BCUT2D eigenvalue weighted by Crippen LogP contribution is -2.15. The number of hydrogen-bond donors (Lipinski definition) is 1. The number of methoxy groups -OCH3 is 1. The van der Waals surface area contributed by atoms with Crippen molar-refractivity contribution in [2.75, 3.05) is 20.3 Å². The normalized spacial score (nSPS) is 10.2. The van der Waals surface area contributed by atoms with Gasteiger partial charge in [0.25, 0.3) is 0 Å². The fourth-order valence-electron chi connectivity index (χ4n) is 2.19. The fourth-order valence-corrected chi connectivity index (χ4v) is 3.70. The quantitative estimate of drug-likeness (QED) is 0.276. The maximum Gasteiger partial charge on any atom is 0.343 e. The summed E-state index contributed by atoms with van der Waals surface area (Å²) in [5.74, 6) is -0.563. The van der Waals surface area contributed by atoms with Gasteiger partial charge in [-0.25, -0.2) is 9.59 Å². The van der Waals surface area contributed by atoms with Crippen LogP contribution in [0.4, 0.5) is 0 Å². The Hall–Kier alpha value is -1.82. The molecule has 0 radical (unpaired) electrons. The van der Waals surface area contributed by atoms with Crippen molar-refractivity contribution >= 4 is 63.2 Å². The topological polar surface area (TPSA) is 82.1 Å². The van der Waals surface area contributed by atoms with Crippen LogP contribution in [0.15, 0.2) is 36.9 Å². The number of carbonyl (C=O) groups is 2. The van der Waals surface area contributed by atoms with Gasteiger partial charge in [0.2, 0.25) is 0 Å². The Morgan fingerprint density at radius 1 is 1.11 bits per heavy atom. The lowest BCUT2D eigenvalue weighted by molar-refractivity contribution is 0.0444. The van der Waals surface area contributed by atoms with Gasteiger partial charge in [-0.1, -0.05) is 12.7 Å². The van der Waals surface area contributed by atoms with E-state index in [2.05, 4.69) is 6.58 Å². The van der Waals surface area contributed by atoms with Crippen LogP contribution in [-0.4, -0.2) is 37.4 Å². The third-order valence-corrected chi connectivity index (χ3v) is 5.18. The van der Waals surface area contributed by atoms with Crippen LogP contribution in [0, 0.1) is 7.14 Å². The Morgan fingerprint density at radius 3 is 2.44 bits per heavy atom. The highest BCUT2D eigenvalue weighted by molar-refractivity contribution is 14.1. The van der Waals surface area contributed by atoms with E-state index in [0.29, 0.717) is 24.2 Å². The van der Waals surface area contributed by atoms with E-state index in [-0.39, 0.29) is 18.8 Å². The molecular weight excluding hydrogens is 578 g/mol. The molecule has 2 aromatic carbocycles. The molecule has 0 spiro atoms. The van der Waals surface area contributed by atoms with Crippen LogP contribution in [0.1, 0.15) is 26.3 Å². The second-order valence-corrected chi connectivity index (χ2v) is 7.54.